The second kappa shape index (κ2) is 10.0. The second-order valence-corrected chi connectivity index (χ2v) is 6.04. The fraction of sp³-hybridized carbons (Fsp3) is 0.579. The number of hydrogen-bond acceptors (Lipinski definition) is 5. The van der Waals surface area contributed by atoms with E-state index in [-0.39, 0.29) is 11.5 Å². The van der Waals surface area contributed by atoms with Crippen molar-refractivity contribution in [3.8, 4) is 5.75 Å². The van der Waals surface area contributed by atoms with E-state index in [9.17, 15) is 9.59 Å². The van der Waals surface area contributed by atoms with Crippen molar-refractivity contribution in [3.05, 3.63) is 23.8 Å². The first kappa shape index (κ1) is 21.0. The first-order valence-corrected chi connectivity index (χ1v) is 8.63. The minimum atomic E-state index is -0.905. The summed E-state index contributed by atoms with van der Waals surface area (Å²) in [6.07, 6.45) is 3.34. The summed E-state index contributed by atoms with van der Waals surface area (Å²) in [5.74, 6) is -0.361. The van der Waals surface area contributed by atoms with Crippen LogP contribution in [-0.4, -0.2) is 38.3 Å². The number of hydrogen-bond donors (Lipinski definition) is 1. The molecule has 1 aromatic carbocycles. The van der Waals surface area contributed by atoms with Gasteiger partial charge >= 0.3 is 5.97 Å². The van der Waals surface area contributed by atoms with Crippen molar-refractivity contribution < 1.29 is 23.8 Å². The van der Waals surface area contributed by atoms with Gasteiger partial charge in [0, 0.05) is 12.3 Å². The van der Waals surface area contributed by atoms with Crippen LogP contribution in [0.4, 0.5) is 5.69 Å². The molecule has 0 heterocycles. The smallest absolute Gasteiger partial charge is 0.341 e. The van der Waals surface area contributed by atoms with Gasteiger partial charge in [-0.05, 0) is 38.0 Å². The molecule has 25 heavy (non-hydrogen) atoms. The van der Waals surface area contributed by atoms with Gasteiger partial charge in [0.2, 0.25) is 0 Å². The highest BCUT2D eigenvalue weighted by Crippen LogP contribution is 2.26. The lowest BCUT2D eigenvalue weighted by molar-refractivity contribution is -0.140. The molecule has 0 spiro atoms. The van der Waals surface area contributed by atoms with Crippen LogP contribution in [0.1, 0.15) is 56.8 Å². The summed E-state index contributed by atoms with van der Waals surface area (Å²) in [5, 5.41) is 2.84. The molecule has 6 nitrogen and oxygen atoms in total. The molecule has 1 unspecified atom stereocenters. The highest BCUT2D eigenvalue weighted by Gasteiger charge is 2.33. The summed E-state index contributed by atoms with van der Waals surface area (Å²) in [6.45, 7) is 6.40. The van der Waals surface area contributed by atoms with Gasteiger partial charge in [0.1, 0.15) is 16.9 Å². The van der Waals surface area contributed by atoms with Crippen molar-refractivity contribution in [1.29, 1.82) is 0 Å². The SMILES string of the molecule is CCCCC(C)(OCCC)C(=O)Nc1ccc(OC)c(C(=O)OC)c1. The second-order valence-electron chi connectivity index (χ2n) is 6.04. The number of unbranched alkanes of at least 4 members (excludes halogenated alkanes) is 1. The average molecular weight is 351 g/mol. The van der Waals surface area contributed by atoms with E-state index in [0.717, 1.165) is 19.3 Å². The van der Waals surface area contributed by atoms with Gasteiger partial charge in [-0.1, -0.05) is 26.7 Å². The molecule has 0 saturated heterocycles. The van der Waals surface area contributed by atoms with Crippen molar-refractivity contribution >= 4 is 17.6 Å². The zero-order valence-electron chi connectivity index (χ0n) is 15.8. The van der Waals surface area contributed by atoms with Crippen molar-refractivity contribution in [3.63, 3.8) is 0 Å². The van der Waals surface area contributed by atoms with Gasteiger partial charge in [-0.15, -0.1) is 0 Å². The molecule has 1 amide bonds. The third-order valence-electron chi connectivity index (χ3n) is 3.98. The molecular weight excluding hydrogens is 322 g/mol. The highest BCUT2D eigenvalue weighted by molar-refractivity contribution is 5.99. The number of benzene rings is 1. The number of nitrogens with one attached hydrogen (secondary N) is 1. The summed E-state index contributed by atoms with van der Waals surface area (Å²) in [7, 11) is 2.77. The van der Waals surface area contributed by atoms with E-state index in [1.165, 1.54) is 14.2 Å². The van der Waals surface area contributed by atoms with E-state index in [1.807, 2.05) is 6.92 Å². The molecular formula is C19H29NO5. The fourth-order valence-electron chi connectivity index (χ4n) is 2.41. The van der Waals surface area contributed by atoms with Crippen LogP contribution in [0.25, 0.3) is 0 Å². The van der Waals surface area contributed by atoms with Crippen LogP contribution in [0.15, 0.2) is 18.2 Å². The molecule has 0 aromatic heterocycles. The van der Waals surface area contributed by atoms with Gasteiger partial charge in [-0.2, -0.15) is 0 Å². The zero-order chi connectivity index (χ0) is 18.9. The lowest BCUT2D eigenvalue weighted by atomic mass is 9.97. The van der Waals surface area contributed by atoms with Gasteiger partial charge in [0.15, 0.2) is 0 Å². The van der Waals surface area contributed by atoms with Crippen LogP contribution in [0.5, 0.6) is 5.75 Å². The number of esters is 1. The van der Waals surface area contributed by atoms with Gasteiger partial charge in [0.05, 0.1) is 14.2 Å². The molecule has 1 aromatic rings. The largest absolute Gasteiger partial charge is 0.496 e. The summed E-state index contributed by atoms with van der Waals surface area (Å²) in [6, 6.07) is 4.85. The topological polar surface area (TPSA) is 73.9 Å². The van der Waals surface area contributed by atoms with Gasteiger partial charge in [0.25, 0.3) is 5.91 Å². The summed E-state index contributed by atoms with van der Waals surface area (Å²) in [4.78, 5) is 24.6. The van der Waals surface area contributed by atoms with Crippen LogP contribution >= 0.6 is 0 Å². The number of anilines is 1. The molecule has 1 atom stereocenters. The third kappa shape index (κ3) is 5.74. The maximum absolute atomic E-state index is 12.8. The molecule has 0 aliphatic rings. The minimum Gasteiger partial charge on any atom is -0.496 e. The van der Waals surface area contributed by atoms with Gasteiger partial charge < -0.3 is 19.5 Å². The maximum Gasteiger partial charge on any atom is 0.341 e. The Morgan fingerprint density at radius 1 is 1.16 bits per heavy atom. The predicted molar refractivity (Wildman–Crippen MR) is 97.1 cm³/mol. The summed E-state index contributed by atoms with van der Waals surface area (Å²) in [5.41, 5.74) is -0.154. The number of ether oxygens (including phenoxy) is 3. The van der Waals surface area contributed by atoms with Crippen LogP contribution in [0.2, 0.25) is 0 Å². The van der Waals surface area contributed by atoms with Crippen molar-refractivity contribution in [2.75, 3.05) is 26.1 Å². The molecule has 1 rings (SSSR count). The predicted octanol–water partition coefficient (Wildman–Crippen LogP) is 3.80. The maximum atomic E-state index is 12.8. The van der Waals surface area contributed by atoms with Crippen LogP contribution in [0, 0.1) is 0 Å². The minimum absolute atomic E-state index is 0.226. The molecule has 0 aliphatic carbocycles. The quantitative estimate of drug-likeness (QED) is 0.649. The Bertz CT molecular complexity index is 577. The van der Waals surface area contributed by atoms with Crippen molar-refractivity contribution in [2.45, 2.75) is 52.1 Å². The molecule has 6 heteroatoms. The Labute approximate surface area is 149 Å². The molecule has 0 bridgehead atoms. The third-order valence-corrected chi connectivity index (χ3v) is 3.98. The first-order valence-electron chi connectivity index (χ1n) is 8.63. The molecule has 0 fully saturated rings. The number of amides is 1. The fourth-order valence-corrected chi connectivity index (χ4v) is 2.41. The number of carbonyl (C=O) groups is 2. The average Bonchev–Trinajstić information content (AvgIpc) is 2.63. The van der Waals surface area contributed by atoms with E-state index < -0.39 is 11.6 Å². The molecule has 140 valence electrons. The van der Waals surface area contributed by atoms with Crippen molar-refractivity contribution in [2.24, 2.45) is 0 Å². The summed E-state index contributed by atoms with van der Waals surface area (Å²) >= 11 is 0. The van der Waals surface area contributed by atoms with E-state index in [4.69, 9.17) is 14.2 Å². The number of rotatable bonds is 10. The Hall–Kier alpha value is -2.08. The lowest BCUT2D eigenvalue weighted by Crippen LogP contribution is -2.43. The molecule has 0 saturated carbocycles. The van der Waals surface area contributed by atoms with Crippen molar-refractivity contribution in [1.82, 2.24) is 0 Å². The first-order chi connectivity index (χ1) is 11.9. The van der Waals surface area contributed by atoms with Crippen LogP contribution in [-0.2, 0) is 14.3 Å². The van der Waals surface area contributed by atoms with E-state index in [2.05, 4.69) is 12.2 Å². The monoisotopic (exact) mass is 351 g/mol. The van der Waals surface area contributed by atoms with Gasteiger partial charge in [-0.3, -0.25) is 4.79 Å². The number of methoxy groups -OCH3 is 2. The summed E-state index contributed by atoms with van der Waals surface area (Å²) < 4.78 is 15.7. The van der Waals surface area contributed by atoms with E-state index in [0.29, 0.717) is 24.5 Å². The molecule has 1 N–H and O–H groups in total. The van der Waals surface area contributed by atoms with E-state index >= 15 is 0 Å². The number of carbonyl (C=O) groups excluding carboxylic acids is 2. The van der Waals surface area contributed by atoms with Crippen LogP contribution in [0.3, 0.4) is 0 Å². The van der Waals surface area contributed by atoms with Gasteiger partial charge in [-0.25, -0.2) is 4.79 Å². The molecule has 0 aliphatic heterocycles. The lowest BCUT2D eigenvalue weighted by Gasteiger charge is -2.28. The normalized spacial score (nSPS) is 13.0. The Morgan fingerprint density at radius 3 is 2.44 bits per heavy atom. The van der Waals surface area contributed by atoms with Crippen LogP contribution < -0.4 is 10.1 Å². The standard InChI is InChI=1S/C19H29NO5/c1-6-8-11-19(3,25-12-7-2)18(22)20-14-9-10-16(23-4)15(13-14)17(21)24-5/h9-10,13H,6-8,11-12H2,1-5H3,(H,20,22). The highest BCUT2D eigenvalue weighted by atomic mass is 16.5. The van der Waals surface area contributed by atoms with E-state index in [1.54, 1.807) is 25.1 Å². The zero-order valence-corrected chi connectivity index (χ0v) is 15.8. The molecule has 0 radical (unpaired) electrons. The Balaban J connectivity index is 3.01. The Morgan fingerprint density at radius 2 is 1.88 bits per heavy atom. The Kier molecular flexibility index (Phi) is 8.41.